The number of hydrogen-bond donors (Lipinski definition) is 3. The van der Waals surface area contributed by atoms with Gasteiger partial charge in [-0.15, -0.1) is 11.8 Å². The maximum absolute atomic E-state index is 13.4. The van der Waals surface area contributed by atoms with Crippen LogP contribution in [0.3, 0.4) is 0 Å². The summed E-state index contributed by atoms with van der Waals surface area (Å²) in [7, 11) is 0. The van der Waals surface area contributed by atoms with E-state index >= 15 is 0 Å². The van der Waals surface area contributed by atoms with Crippen molar-refractivity contribution in [2.75, 3.05) is 16.4 Å². The molecule has 10 nitrogen and oxygen atoms in total. The predicted molar refractivity (Wildman–Crippen MR) is 169 cm³/mol. The minimum absolute atomic E-state index is 0.114. The largest absolute Gasteiger partial charge is 0.321 e. The maximum atomic E-state index is 13.4. The molecule has 0 spiro atoms. The molecule has 3 N–H and O–H groups in total. The van der Waals surface area contributed by atoms with E-state index in [4.69, 9.17) is 0 Å². The van der Waals surface area contributed by atoms with Gasteiger partial charge in [-0.25, -0.2) is 4.98 Å². The molecule has 0 aliphatic heterocycles. The summed E-state index contributed by atoms with van der Waals surface area (Å²) in [4.78, 5) is 54.9. The molecular formula is C31H23N5O5S2. The van der Waals surface area contributed by atoms with Gasteiger partial charge in [0.05, 0.1) is 26.5 Å². The number of carbonyl (C=O) groups excluding carboxylic acids is 3. The van der Waals surface area contributed by atoms with E-state index in [1.807, 2.05) is 24.3 Å². The Morgan fingerprint density at radius 2 is 1.63 bits per heavy atom. The second-order valence-corrected chi connectivity index (χ2v) is 11.1. The van der Waals surface area contributed by atoms with Gasteiger partial charge in [0.1, 0.15) is 5.70 Å². The molecule has 1 aromatic heterocycles. The van der Waals surface area contributed by atoms with Gasteiger partial charge in [-0.2, -0.15) is 0 Å². The fourth-order valence-electron chi connectivity index (χ4n) is 3.97. The fourth-order valence-corrected chi connectivity index (χ4v) is 5.60. The lowest BCUT2D eigenvalue weighted by Gasteiger charge is -2.12. The smallest absolute Gasteiger partial charge is 0.276 e. The fraction of sp³-hybridized carbons (Fsp3) is 0.0323. The van der Waals surface area contributed by atoms with Crippen LogP contribution in [0.15, 0.2) is 114 Å². The molecule has 0 saturated carbocycles. The molecule has 0 atom stereocenters. The summed E-state index contributed by atoms with van der Waals surface area (Å²) < 4.78 is 0.976. The predicted octanol–water partition coefficient (Wildman–Crippen LogP) is 6.34. The molecule has 5 aromatic rings. The molecule has 3 amide bonds. The van der Waals surface area contributed by atoms with Crippen molar-refractivity contribution in [1.82, 2.24) is 10.3 Å². The second kappa shape index (κ2) is 13.6. The van der Waals surface area contributed by atoms with Gasteiger partial charge in [0.15, 0.2) is 5.13 Å². The Labute approximate surface area is 254 Å². The van der Waals surface area contributed by atoms with Crippen LogP contribution in [0.4, 0.5) is 16.5 Å². The summed E-state index contributed by atoms with van der Waals surface area (Å²) in [6.07, 6.45) is 1.26. The topological polar surface area (TPSA) is 143 Å². The Morgan fingerprint density at radius 3 is 2.42 bits per heavy atom. The van der Waals surface area contributed by atoms with E-state index in [1.165, 1.54) is 47.4 Å². The van der Waals surface area contributed by atoms with Crippen LogP contribution in [0.5, 0.6) is 0 Å². The van der Waals surface area contributed by atoms with E-state index in [2.05, 4.69) is 20.9 Å². The zero-order valence-corrected chi connectivity index (χ0v) is 24.0. The van der Waals surface area contributed by atoms with Crippen molar-refractivity contribution in [2.45, 2.75) is 4.90 Å². The zero-order valence-electron chi connectivity index (χ0n) is 22.4. The van der Waals surface area contributed by atoms with Gasteiger partial charge >= 0.3 is 0 Å². The second-order valence-electron chi connectivity index (χ2n) is 9.00. The Balaban J connectivity index is 1.29. The highest BCUT2D eigenvalue weighted by molar-refractivity contribution is 8.00. The van der Waals surface area contributed by atoms with E-state index in [0.29, 0.717) is 16.4 Å². The first kappa shape index (κ1) is 29.2. The normalized spacial score (nSPS) is 11.1. The van der Waals surface area contributed by atoms with Crippen LogP contribution >= 0.6 is 23.1 Å². The molecule has 0 bridgehead atoms. The third kappa shape index (κ3) is 7.70. The number of nitro benzene ring substituents is 1. The summed E-state index contributed by atoms with van der Waals surface area (Å²) in [5.74, 6) is -1.34. The van der Waals surface area contributed by atoms with Gasteiger partial charge < -0.3 is 16.0 Å². The number of nitrogens with zero attached hydrogens (tertiary/aromatic N) is 2. The summed E-state index contributed by atoms with van der Waals surface area (Å²) >= 11 is 2.67. The van der Waals surface area contributed by atoms with E-state index < -0.39 is 16.7 Å². The number of rotatable bonds is 10. The SMILES string of the molecule is O=C(CSc1cccc(NC(=O)/C(=C\c2ccccc2[N+](=O)[O-])NC(=O)c2ccccc2)c1)Nc1nc2ccccc2s1. The zero-order chi connectivity index (χ0) is 30.2. The average Bonchev–Trinajstić information content (AvgIpc) is 3.42. The molecule has 0 unspecified atom stereocenters. The average molecular weight is 610 g/mol. The van der Waals surface area contributed by atoms with Gasteiger partial charge in [-0.3, -0.25) is 24.5 Å². The number of nitro groups is 1. The highest BCUT2D eigenvalue weighted by Crippen LogP contribution is 2.27. The Morgan fingerprint density at radius 1 is 0.884 bits per heavy atom. The van der Waals surface area contributed by atoms with Crippen LogP contribution in [-0.4, -0.2) is 33.4 Å². The molecular weight excluding hydrogens is 587 g/mol. The number of thioether (sulfide) groups is 1. The van der Waals surface area contributed by atoms with Gasteiger partial charge in [-0.05, 0) is 54.6 Å². The number of para-hydroxylation sites is 2. The number of anilines is 2. The molecule has 4 aromatic carbocycles. The summed E-state index contributed by atoms with van der Waals surface area (Å²) in [6, 6.07) is 28.7. The molecule has 5 rings (SSSR count). The van der Waals surface area contributed by atoms with Crippen LogP contribution < -0.4 is 16.0 Å². The lowest BCUT2D eigenvalue weighted by atomic mass is 10.1. The lowest BCUT2D eigenvalue weighted by molar-refractivity contribution is -0.385. The van der Waals surface area contributed by atoms with Crippen LogP contribution in [0, 0.1) is 10.1 Å². The minimum Gasteiger partial charge on any atom is -0.321 e. The van der Waals surface area contributed by atoms with E-state index in [1.54, 1.807) is 60.7 Å². The molecule has 0 fully saturated rings. The quantitative estimate of drug-likeness (QED) is 0.0725. The Hall–Kier alpha value is -5.33. The summed E-state index contributed by atoms with van der Waals surface area (Å²) in [5.41, 5.74) is 1.28. The van der Waals surface area contributed by atoms with Gasteiger partial charge in [0, 0.05) is 22.2 Å². The number of thiazole rings is 1. The Kier molecular flexibility index (Phi) is 9.20. The van der Waals surface area contributed by atoms with E-state index in [0.717, 1.165) is 15.1 Å². The first-order chi connectivity index (χ1) is 20.9. The lowest BCUT2D eigenvalue weighted by Crippen LogP contribution is -2.30. The number of fused-ring (bicyclic) bond motifs is 1. The highest BCUT2D eigenvalue weighted by atomic mass is 32.2. The third-order valence-corrected chi connectivity index (χ3v) is 7.91. The van der Waals surface area contributed by atoms with Crippen LogP contribution in [-0.2, 0) is 9.59 Å². The van der Waals surface area contributed by atoms with Crippen molar-refractivity contribution in [3.63, 3.8) is 0 Å². The van der Waals surface area contributed by atoms with Crippen LogP contribution in [0.2, 0.25) is 0 Å². The standard InChI is InChI=1S/C31H23N5O5S2/c37-28(35-31-34-24-14-5-7-16-27(24)43-31)19-42-23-13-8-12-22(18-23)32-30(39)25(33-29(38)20-9-2-1-3-10-20)17-21-11-4-6-15-26(21)36(40)41/h1-18H,19H2,(H,32,39)(H,33,38)(H,34,35,37)/b25-17+. The molecule has 0 saturated heterocycles. The molecule has 0 aliphatic carbocycles. The number of carbonyl (C=O) groups is 3. The van der Waals surface area contributed by atoms with Crippen molar-refractivity contribution < 1.29 is 19.3 Å². The molecule has 43 heavy (non-hydrogen) atoms. The number of amides is 3. The summed E-state index contributed by atoms with van der Waals surface area (Å²) in [6.45, 7) is 0. The first-order valence-electron chi connectivity index (χ1n) is 12.9. The van der Waals surface area contributed by atoms with Crippen molar-refractivity contribution in [1.29, 1.82) is 0 Å². The van der Waals surface area contributed by atoms with Gasteiger partial charge in [-0.1, -0.05) is 59.9 Å². The molecule has 0 radical (unpaired) electrons. The molecule has 1 heterocycles. The molecule has 0 aliphatic rings. The van der Waals surface area contributed by atoms with E-state index in [-0.39, 0.29) is 28.6 Å². The third-order valence-electron chi connectivity index (χ3n) is 5.96. The highest BCUT2D eigenvalue weighted by Gasteiger charge is 2.18. The number of aromatic nitrogens is 1. The maximum Gasteiger partial charge on any atom is 0.276 e. The monoisotopic (exact) mass is 609 g/mol. The number of benzene rings is 4. The Bertz CT molecular complexity index is 1820. The van der Waals surface area contributed by atoms with Crippen molar-refractivity contribution in [3.8, 4) is 0 Å². The minimum atomic E-state index is -0.682. The number of hydrogen-bond acceptors (Lipinski definition) is 8. The number of nitrogens with one attached hydrogen (secondary N) is 3. The summed E-state index contributed by atoms with van der Waals surface area (Å²) in [5, 5.41) is 20.2. The first-order valence-corrected chi connectivity index (χ1v) is 14.7. The van der Waals surface area contributed by atoms with Gasteiger partial charge in [0.2, 0.25) is 5.91 Å². The van der Waals surface area contributed by atoms with Crippen molar-refractivity contribution in [3.05, 3.63) is 130 Å². The van der Waals surface area contributed by atoms with E-state index in [9.17, 15) is 24.5 Å². The molecule has 214 valence electrons. The van der Waals surface area contributed by atoms with Gasteiger partial charge in [0.25, 0.3) is 17.5 Å². The van der Waals surface area contributed by atoms with Crippen LogP contribution in [0.25, 0.3) is 16.3 Å². The van der Waals surface area contributed by atoms with Crippen molar-refractivity contribution in [2.24, 2.45) is 0 Å². The molecule has 12 heteroatoms. The van der Waals surface area contributed by atoms with Crippen molar-refractivity contribution >= 4 is 73.6 Å². The van der Waals surface area contributed by atoms with Crippen LogP contribution in [0.1, 0.15) is 15.9 Å².